The van der Waals surface area contributed by atoms with Crippen molar-refractivity contribution in [2.75, 3.05) is 19.6 Å². The lowest BCUT2D eigenvalue weighted by Gasteiger charge is -2.19. The lowest BCUT2D eigenvalue weighted by molar-refractivity contribution is -0.108. The van der Waals surface area contributed by atoms with Crippen LogP contribution in [0.2, 0.25) is 0 Å². The van der Waals surface area contributed by atoms with Gasteiger partial charge in [-0.15, -0.1) is 0 Å². The number of carbonyl (C=O) groups is 1. The lowest BCUT2D eigenvalue weighted by atomic mass is 10.1. The summed E-state index contributed by atoms with van der Waals surface area (Å²) in [6, 6.07) is 0. The summed E-state index contributed by atoms with van der Waals surface area (Å²) in [5.74, 6) is 0. The lowest BCUT2D eigenvalue weighted by Crippen LogP contribution is -2.28. The molecule has 0 saturated carbocycles. The molecule has 0 aliphatic carbocycles. The molecule has 0 aliphatic heterocycles. The summed E-state index contributed by atoms with van der Waals surface area (Å²) in [5, 5.41) is 0. The van der Waals surface area contributed by atoms with Crippen LogP contribution in [0.15, 0.2) is 0 Å². The van der Waals surface area contributed by atoms with Gasteiger partial charge in [-0.3, -0.25) is 4.90 Å². The number of unbranched alkanes of at least 4 members (excludes halogenated alkanes) is 6. The maximum absolute atomic E-state index is 10.6. The third-order valence-electron chi connectivity index (χ3n) is 2.99. The van der Waals surface area contributed by atoms with E-state index in [1.54, 1.807) is 0 Å². The Kier molecular flexibility index (Phi) is 12.4. The second-order valence-corrected chi connectivity index (χ2v) is 4.59. The Morgan fingerprint density at radius 2 is 1.31 bits per heavy atom. The first kappa shape index (κ1) is 15.6. The van der Waals surface area contributed by atoms with E-state index in [9.17, 15) is 4.79 Å². The van der Waals surface area contributed by atoms with Crippen molar-refractivity contribution in [1.82, 2.24) is 4.90 Å². The fraction of sp³-hybridized carbons (Fsp3) is 0.929. The van der Waals surface area contributed by atoms with Crippen molar-refractivity contribution in [3.8, 4) is 0 Å². The van der Waals surface area contributed by atoms with E-state index in [0.717, 1.165) is 19.4 Å². The van der Waals surface area contributed by atoms with Gasteiger partial charge in [0, 0.05) is 0 Å². The third kappa shape index (κ3) is 10.2. The zero-order valence-electron chi connectivity index (χ0n) is 11.2. The normalized spacial score (nSPS) is 10.9. The van der Waals surface area contributed by atoms with Crippen LogP contribution in [0.4, 0.5) is 0 Å². The standard InChI is InChI=1S/C14H29NO/c1-3-5-7-9-11-15(13-14-16)12-10-8-6-4-2/h14H,3-13H2,1-2H3. The van der Waals surface area contributed by atoms with Crippen LogP contribution in [0.3, 0.4) is 0 Å². The van der Waals surface area contributed by atoms with Crippen molar-refractivity contribution in [3.63, 3.8) is 0 Å². The van der Waals surface area contributed by atoms with Gasteiger partial charge in [0.1, 0.15) is 6.29 Å². The van der Waals surface area contributed by atoms with Crippen molar-refractivity contribution in [3.05, 3.63) is 0 Å². The number of aldehydes is 1. The molecule has 2 nitrogen and oxygen atoms in total. The van der Waals surface area contributed by atoms with Crippen molar-refractivity contribution >= 4 is 6.29 Å². The fourth-order valence-electron chi connectivity index (χ4n) is 1.92. The molecule has 0 unspecified atom stereocenters. The fourth-order valence-corrected chi connectivity index (χ4v) is 1.92. The Balaban J connectivity index is 3.49. The Bertz CT molecular complexity index is 136. The molecular formula is C14H29NO. The predicted octanol–water partition coefficient (Wildman–Crippen LogP) is 3.65. The molecule has 0 heterocycles. The van der Waals surface area contributed by atoms with Crippen LogP contribution in [0.1, 0.15) is 65.2 Å². The zero-order valence-corrected chi connectivity index (χ0v) is 11.2. The van der Waals surface area contributed by atoms with Crippen LogP contribution >= 0.6 is 0 Å². The predicted molar refractivity (Wildman–Crippen MR) is 70.8 cm³/mol. The smallest absolute Gasteiger partial charge is 0.133 e. The average molecular weight is 227 g/mol. The monoisotopic (exact) mass is 227 g/mol. The highest BCUT2D eigenvalue weighted by atomic mass is 16.1. The topological polar surface area (TPSA) is 20.3 Å². The second kappa shape index (κ2) is 12.7. The van der Waals surface area contributed by atoms with Crippen LogP contribution < -0.4 is 0 Å². The minimum Gasteiger partial charge on any atom is -0.302 e. The molecule has 0 fully saturated rings. The highest BCUT2D eigenvalue weighted by Gasteiger charge is 2.03. The number of nitrogens with zero attached hydrogens (tertiary/aromatic N) is 1. The van der Waals surface area contributed by atoms with Crippen molar-refractivity contribution < 1.29 is 4.79 Å². The molecule has 0 spiro atoms. The van der Waals surface area contributed by atoms with Gasteiger partial charge in [0.25, 0.3) is 0 Å². The van der Waals surface area contributed by atoms with Gasteiger partial charge in [0.05, 0.1) is 6.54 Å². The largest absolute Gasteiger partial charge is 0.302 e. The molecule has 0 amide bonds. The van der Waals surface area contributed by atoms with Gasteiger partial charge in [-0.2, -0.15) is 0 Å². The summed E-state index contributed by atoms with van der Waals surface area (Å²) in [7, 11) is 0. The highest BCUT2D eigenvalue weighted by molar-refractivity contribution is 5.51. The molecule has 0 bridgehead atoms. The van der Waals surface area contributed by atoms with E-state index >= 15 is 0 Å². The van der Waals surface area contributed by atoms with E-state index in [1.165, 1.54) is 51.4 Å². The first-order chi connectivity index (χ1) is 7.85. The molecular weight excluding hydrogens is 198 g/mol. The molecule has 0 rings (SSSR count). The van der Waals surface area contributed by atoms with Gasteiger partial charge in [-0.1, -0.05) is 52.4 Å². The van der Waals surface area contributed by atoms with E-state index in [1.807, 2.05) is 0 Å². The molecule has 0 aromatic heterocycles. The van der Waals surface area contributed by atoms with E-state index in [2.05, 4.69) is 18.7 Å². The van der Waals surface area contributed by atoms with E-state index in [-0.39, 0.29) is 0 Å². The number of carbonyl (C=O) groups excluding carboxylic acids is 1. The zero-order chi connectivity index (χ0) is 12.1. The van der Waals surface area contributed by atoms with Gasteiger partial charge in [0.2, 0.25) is 0 Å². The average Bonchev–Trinajstić information content (AvgIpc) is 2.30. The van der Waals surface area contributed by atoms with Gasteiger partial charge >= 0.3 is 0 Å². The molecule has 0 atom stereocenters. The van der Waals surface area contributed by atoms with Crippen molar-refractivity contribution in [2.24, 2.45) is 0 Å². The SMILES string of the molecule is CCCCCCN(CC=O)CCCCCC. The van der Waals surface area contributed by atoms with E-state index in [4.69, 9.17) is 0 Å². The number of rotatable bonds is 12. The number of hydrogen-bond donors (Lipinski definition) is 0. The summed E-state index contributed by atoms with van der Waals surface area (Å²) in [4.78, 5) is 12.9. The first-order valence-corrected chi connectivity index (χ1v) is 7.01. The molecule has 0 N–H and O–H groups in total. The molecule has 0 aromatic carbocycles. The summed E-state index contributed by atoms with van der Waals surface area (Å²) in [5.41, 5.74) is 0. The molecule has 0 aliphatic rings. The van der Waals surface area contributed by atoms with E-state index < -0.39 is 0 Å². The summed E-state index contributed by atoms with van der Waals surface area (Å²) >= 11 is 0. The van der Waals surface area contributed by atoms with Crippen LogP contribution in [0.25, 0.3) is 0 Å². The maximum atomic E-state index is 10.6. The maximum Gasteiger partial charge on any atom is 0.133 e. The molecule has 16 heavy (non-hydrogen) atoms. The third-order valence-corrected chi connectivity index (χ3v) is 2.99. The Labute approximate surface area is 101 Å². The van der Waals surface area contributed by atoms with E-state index in [0.29, 0.717) is 6.54 Å². The van der Waals surface area contributed by atoms with Crippen LogP contribution in [0, 0.1) is 0 Å². The highest BCUT2D eigenvalue weighted by Crippen LogP contribution is 2.04. The second-order valence-electron chi connectivity index (χ2n) is 4.59. The van der Waals surface area contributed by atoms with Gasteiger partial charge in [-0.25, -0.2) is 0 Å². The summed E-state index contributed by atoms with van der Waals surface area (Å²) in [6.07, 6.45) is 11.4. The Morgan fingerprint density at radius 3 is 1.69 bits per heavy atom. The Morgan fingerprint density at radius 1 is 0.812 bits per heavy atom. The van der Waals surface area contributed by atoms with Crippen LogP contribution in [-0.2, 0) is 4.79 Å². The van der Waals surface area contributed by atoms with Gasteiger partial charge < -0.3 is 4.79 Å². The molecule has 0 radical (unpaired) electrons. The van der Waals surface area contributed by atoms with Crippen molar-refractivity contribution in [2.45, 2.75) is 65.2 Å². The first-order valence-electron chi connectivity index (χ1n) is 7.01. The molecule has 0 saturated heterocycles. The summed E-state index contributed by atoms with van der Waals surface area (Å²) in [6.45, 7) is 7.29. The Hall–Kier alpha value is -0.370. The molecule has 2 heteroatoms. The molecule has 96 valence electrons. The van der Waals surface area contributed by atoms with Gasteiger partial charge in [0.15, 0.2) is 0 Å². The number of hydrogen-bond acceptors (Lipinski definition) is 2. The van der Waals surface area contributed by atoms with Crippen LogP contribution in [0.5, 0.6) is 0 Å². The van der Waals surface area contributed by atoms with Crippen molar-refractivity contribution in [1.29, 1.82) is 0 Å². The minimum atomic E-state index is 0.623. The quantitative estimate of drug-likeness (QED) is 0.375. The summed E-state index contributed by atoms with van der Waals surface area (Å²) < 4.78 is 0. The minimum absolute atomic E-state index is 0.623. The molecule has 0 aromatic rings. The van der Waals surface area contributed by atoms with Gasteiger partial charge in [-0.05, 0) is 25.9 Å². The van der Waals surface area contributed by atoms with Crippen LogP contribution in [-0.4, -0.2) is 30.8 Å².